The van der Waals surface area contributed by atoms with Crippen LogP contribution in [0.15, 0.2) is 45.2 Å². The molecule has 0 radical (unpaired) electrons. The zero-order valence-electron chi connectivity index (χ0n) is 8.68. The first-order valence-electron chi connectivity index (χ1n) is 4.79. The van der Waals surface area contributed by atoms with Crippen molar-refractivity contribution in [2.24, 2.45) is 5.73 Å². The lowest BCUT2D eigenvalue weighted by Gasteiger charge is -2.07. The van der Waals surface area contributed by atoms with Gasteiger partial charge in [0.15, 0.2) is 0 Å². The topological polar surface area (TPSA) is 52.0 Å². The molecule has 1 aromatic heterocycles. The van der Waals surface area contributed by atoms with E-state index in [4.69, 9.17) is 10.2 Å². The first-order chi connectivity index (χ1) is 7.66. The summed E-state index contributed by atoms with van der Waals surface area (Å²) >= 11 is 1.15. The van der Waals surface area contributed by atoms with Crippen LogP contribution in [-0.4, -0.2) is 4.98 Å². The summed E-state index contributed by atoms with van der Waals surface area (Å²) in [4.78, 5) is 4.39. The smallest absolute Gasteiger partial charge is 0.260 e. The number of nitrogens with two attached hydrogens (primary N) is 1. The minimum absolute atomic E-state index is 0.171. The largest absolute Gasteiger partial charge is 0.440 e. The van der Waals surface area contributed by atoms with Crippen LogP contribution in [0.3, 0.4) is 0 Å². The van der Waals surface area contributed by atoms with Crippen molar-refractivity contribution < 1.29 is 8.81 Å². The number of rotatable bonds is 3. The first-order valence-corrected chi connectivity index (χ1v) is 5.61. The fourth-order valence-corrected chi connectivity index (χ4v) is 1.94. The van der Waals surface area contributed by atoms with Crippen molar-refractivity contribution >= 4 is 11.8 Å². The summed E-state index contributed by atoms with van der Waals surface area (Å²) in [5.41, 5.74) is 6.44. The number of hydrogen-bond acceptors (Lipinski definition) is 4. The Hall–Kier alpha value is -1.33. The second-order valence-corrected chi connectivity index (χ2v) is 4.37. The predicted molar refractivity (Wildman–Crippen MR) is 59.6 cm³/mol. The average molecular weight is 238 g/mol. The molecule has 2 aromatic rings. The van der Waals surface area contributed by atoms with Gasteiger partial charge in [-0.1, -0.05) is 6.07 Å². The molecule has 0 aliphatic rings. The molecule has 3 nitrogen and oxygen atoms in total. The standard InChI is InChI=1S/C11H11FN2OS/c1-7(13)8-2-3-10(9(12)6-8)16-11-14-4-5-15-11/h2-7H,13H2,1H3/t7-/m1/s1. The Balaban J connectivity index is 2.23. The third-order valence-electron chi connectivity index (χ3n) is 2.09. The highest BCUT2D eigenvalue weighted by Crippen LogP contribution is 2.29. The maximum Gasteiger partial charge on any atom is 0.260 e. The molecule has 84 valence electrons. The zero-order valence-corrected chi connectivity index (χ0v) is 9.50. The van der Waals surface area contributed by atoms with E-state index in [1.807, 2.05) is 6.92 Å². The first kappa shape index (κ1) is 11.2. The van der Waals surface area contributed by atoms with Crippen LogP contribution in [0.4, 0.5) is 4.39 Å². The fraction of sp³-hybridized carbons (Fsp3) is 0.182. The van der Waals surface area contributed by atoms with Crippen LogP contribution < -0.4 is 5.73 Å². The fourth-order valence-electron chi connectivity index (χ4n) is 1.24. The summed E-state index contributed by atoms with van der Waals surface area (Å²) in [6, 6.07) is 4.76. The SMILES string of the molecule is C[C@@H](N)c1ccc(Sc2ncco2)c(F)c1. The molecule has 2 N–H and O–H groups in total. The summed E-state index contributed by atoms with van der Waals surface area (Å²) in [6.45, 7) is 1.82. The van der Waals surface area contributed by atoms with E-state index < -0.39 is 0 Å². The van der Waals surface area contributed by atoms with Gasteiger partial charge < -0.3 is 10.2 Å². The molecular weight excluding hydrogens is 227 g/mol. The normalized spacial score (nSPS) is 12.7. The molecule has 0 fully saturated rings. The number of benzene rings is 1. The van der Waals surface area contributed by atoms with E-state index in [9.17, 15) is 4.39 Å². The Morgan fingerprint density at radius 2 is 2.31 bits per heavy atom. The van der Waals surface area contributed by atoms with Crippen LogP contribution in [0.25, 0.3) is 0 Å². The number of aromatic nitrogens is 1. The van der Waals surface area contributed by atoms with E-state index in [0.717, 1.165) is 17.3 Å². The lowest BCUT2D eigenvalue weighted by molar-refractivity contribution is 0.453. The monoisotopic (exact) mass is 238 g/mol. The van der Waals surface area contributed by atoms with Crippen molar-refractivity contribution in [2.45, 2.75) is 23.1 Å². The predicted octanol–water partition coefficient (Wildman–Crippen LogP) is 2.98. The van der Waals surface area contributed by atoms with E-state index in [2.05, 4.69) is 4.98 Å². The summed E-state index contributed by atoms with van der Waals surface area (Å²) in [5, 5.41) is 0.424. The molecule has 2 rings (SSSR count). The van der Waals surface area contributed by atoms with Crippen LogP contribution >= 0.6 is 11.8 Å². The maximum atomic E-state index is 13.7. The molecule has 1 aromatic carbocycles. The zero-order chi connectivity index (χ0) is 11.5. The van der Waals surface area contributed by atoms with Gasteiger partial charge in [0.2, 0.25) is 0 Å². The Labute approximate surface area is 96.9 Å². The highest BCUT2D eigenvalue weighted by molar-refractivity contribution is 7.99. The molecule has 0 aliphatic heterocycles. The Bertz CT molecular complexity index is 471. The third kappa shape index (κ3) is 2.43. The van der Waals surface area contributed by atoms with Gasteiger partial charge in [-0.15, -0.1) is 0 Å². The molecule has 1 heterocycles. The highest BCUT2D eigenvalue weighted by atomic mass is 32.2. The summed E-state index contributed by atoms with van der Waals surface area (Å²) in [5.74, 6) is -0.307. The van der Waals surface area contributed by atoms with Crippen molar-refractivity contribution in [2.75, 3.05) is 0 Å². The Kier molecular flexibility index (Phi) is 3.26. The van der Waals surface area contributed by atoms with Crippen molar-refractivity contribution in [1.29, 1.82) is 0 Å². The minimum atomic E-state index is -0.307. The van der Waals surface area contributed by atoms with E-state index in [1.54, 1.807) is 12.1 Å². The van der Waals surface area contributed by atoms with Gasteiger partial charge in [-0.25, -0.2) is 9.37 Å². The third-order valence-corrected chi connectivity index (χ3v) is 3.02. The van der Waals surface area contributed by atoms with Gasteiger partial charge >= 0.3 is 0 Å². The van der Waals surface area contributed by atoms with Crippen molar-refractivity contribution in [1.82, 2.24) is 4.98 Å². The minimum Gasteiger partial charge on any atom is -0.440 e. The van der Waals surface area contributed by atoms with Crippen LogP contribution in [0, 0.1) is 5.82 Å². The second-order valence-electron chi connectivity index (χ2n) is 3.38. The Morgan fingerprint density at radius 1 is 1.50 bits per heavy atom. The molecular formula is C11H11FN2OS. The van der Waals surface area contributed by atoms with Gasteiger partial charge in [0.25, 0.3) is 5.22 Å². The van der Waals surface area contributed by atoms with Crippen molar-refractivity contribution in [3.8, 4) is 0 Å². The highest BCUT2D eigenvalue weighted by Gasteiger charge is 2.09. The van der Waals surface area contributed by atoms with Gasteiger partial charge in [0.1, 0.15) is 12.1 Å². The molecule has 0 saturated carbocycles. The van der Waals surface area contributed by atoms with Crippen LogP contribution in [0.1, 0.15) is 18.5 Å². The molecule has 0 amide bonds. The molecule has 0 saturated heterocycles. The van der Waals surface area contributed by atoms with Gasteiger partial charge in [-0.05, 0) is 36.4 Å². The summed E-state index contributed by atoms with van der Waals surface area (Å²) in [7, 11) is 0. The average Bonchev–Trinajstić information content (AvgIpc) is 2.73. The molecule has 0 bridgehead atoms. The molecule has 16 heavy (non-hydrogen) atoms. The van der Waals surface area contributed by atoms with Crippen LogP contribution in [0.5, 0.6) is 0 Å². The number of halogens is 1. The molecule has 5 heteroatoms. The lowest BCUT2D eigenvalue weighted by atomic mass is 10.1. The van der Waals surface area contributed by atoms with Crippen LogP contribution in [0.2, 0.25) is 0 Å². The number of oxazole rings is 1. The van der Waals surface area contributed by atoms with Gasteiger partial charge in [-0.3, -0.25) is 0 Å². The van der Waals surface area contributed by atoms with Gasteiger partial charge in [-0.2, -0.15) is 0 Å². The van der Waals surface area contributed by atoms with E-state index in [-0.39, 0.29) is 11.9 Å². The molecule has 0 aliphatic carbocycles. The lowest BCUT2D eigenvalue weighted by Crippen LogP contribution is -2.05. The van der Waals surface area contributed by atoms with Crippen LogP contribution in [-0.2, 0) is 0 Å². The maximum absolute atomic E-state index is 13.7. The number of hydrogen-bond donors (Lipinski definition) is 1. The van der Waals surface area contributed by atoms with E-state index in [0.29, 0.717) is 10.1 Å². The van der Waals surface area contributed by atoms with Gasteiger partial charge in [0, 0.05) is 6.04 Å². The van der Waals surface area contributed by atoms with E-state index >= 15 is 0 Å². The summed E-state index contributed by atoms with van der Waals surface area (Å²) < 4.78 is 18.7. The molecule has 0 spiro atoms. The molecule has 1 atom stereocenters. The molecule has 0 unspecified atom stereocenters. The van der Waals surface area contributed by atoms with E-state index in [1.165, 1.54) is 18.5 Å². The number of nitrogens with zero attached hydrogens (tertiary/aromatic N) is 1. The van der Waals surface area contributed by atoms with Crippen molar-refractivity contribution in [3.05, 3.63) is 42.0 Å². The van der Waals surface area contributed by atoms with Crippen molar-refractivity contribution in [3.63, 3.8) is 0 Å². The quantitative estimate of drug-likeness (QED) is 0.893. The summed E-state index contributed by atoms with van der Waals surface area (Å²) in [6.07, 6.45) is 2.98. The second kappa shape index (κ2) is 4.67. The van der Waals surface area contributed by atoms with Gasteiger partial charge in [0.05, 0.1) is 11.1 Å². The Morgan fingerprint density at radius 3 is 2.88 bits per heavy atom.